The van der Waals surface area contributed by atoms with Gasteiger partial charge in [-0.25, -0.2) is 8.42 Å². The van der Waals surface area contributed by atoms with E-state index in [1.54, 1.807) is 6.92 Å². The molecule has 2 atom stereocenters. The van der Waals surface area contributed by atoms with Gasteiger partial charge in [0.15, 0.2) is 0 Å². The SMILES string of the molecule is COC[C@@](C)(CCO)Nc1ccc(S(=O)(=O)N2CCC[C@H](C)C2)cc1[N+](=O)[O-]. The zero-order chi connectivity index (χ0) is 20.9. The molecular weight excluding hydrogens is 386 g/mol. The first-order valence-corrected chi connectivity index (χ1v) is 10.7. The summed E-state index contributed by atoms with van der Waals surface area (Å²) in [6.45, 7) is 4.70. The molecule has 1 aliphatic rings. The van der Waals surface area contributed by atoms with Crippen LogP contribution in [0.1, 0.15) is 33.1 Å². The van der Waals surface area contributed by atoms with Crippen molar-refractivity contribution in [2.45, 2.75) is 43.5 Å². The quantitative estimate of drug-likeness (QED) is 0.468. The monoisotopic (exact) mass is 415 g/mol. The molecule has 0 radical (unpaired) electrons. The van der Waals surface area contributed by atoms with Gasteiger partial charge in [0.1, 0.15) is 5.69 Å². The number of benzene rings is 1. The molecule has 9 nitrogen and oxygen atoms in total. The molecule has 0 bridgehead atoms. The lowest BCUT2D eigenvalue weighted by atomic mass is 9.98. The number of nitro benzene ring substituents is 1. The number of hydrogen-bond acceptors (Lipinski definition) is 7. The normalized spacial score (nSPS) is 20.5. The predicted molar refractivity (Wildman–Crippen MR) is 106 cm³/mol. The number of rotatable bonds is 9. The Morgan fingerprint density at radius 2 is 2.18 bits per heavy atom. The van der Waals surface area contributed by atoms with Crippen molar-refractivity contribution in [3.8, 4) is 0 Å². The Kier molecular flexibility index (Phi) is 7.38. The minimum atomic E-state index is -3.80. The third kappa shape index (κ3) is 5.19. The molecule has 2 N–H and O–H groups in total. The largest absolute Gasteiger partial charge is 0.396 e. The van der Waals surface area contributed by atoms with Crippen LogP contribution in [0.2, 0.25) is 0 Å². The lowest BCUT2D eigenvalue weighted by molar-refractivity contribution is -0.384. The van der Waals surface area contributed by atoms with Gasteiger partial charge in [-0.1, -0.05) is 6.92 Å². The maximum atomic E-state index is 12.9. The number of ether oxygens (including phenoxy) is 1. The van der Waals surface area contributed by atoms with Crippen LogP contribution in [0, 0.1) is 16.0 Å². The lowest BCUT2D eigenvalue weighted by Crippen LogP contribution is -2.41. The first-order chi connectivity index (χ1) is 13.1. The molecule has 0 amide bonds. The maximum Gasteiger partial charge on any atom is 0.293 e. The fourth-order valence-corrected chi connectivity index (χ4v) is 5.12. The maximum absolute atomic E-state index is 12.9. The number of nitro groups is 1. The van der Waals surface area contributed by atoms with Gasteiger partial charge in [-0.05, 0) is 44.2 Å². The highest BCUT2D eigenvalue weighted by atomic mass is 32.2. The zero-order valence-corrected chi connectivity index (χ0v) is 17.4. The second kappa shape index (κ2) is 9.17. The van der Waals surface area contributed by atoms with Crippen LogP contribution in [0.3, 0.4) is 0 Å². The highest BCUT2D eigenvalue weighted by Crippen LogP contribution is 2.33. The standard InChI is InChI=1S/C18H29N3O6S/c1-14-5-4-9-20(12-14)28(25,26)15-6-7-16(17(11-15)21(23)24)19-18(2,8-10-22)13-27-3/h6-7,11,14,19,22H,4-5,8-10,12-13H2,1-3H3/t14-,18+/m0/s1. The second-order valence-corrected chi connectivity index (χ2v) is 9.58. The van der Waals surface area contributed by atoms with Gasteiger partial charge in [-0.3, -0.25) is 10.1 Å². The molecule has 1 fully saturated rings. The molecule has 1 aromatic rings. The van der Waals surface area contributed by atoms with Crippen molar-refractivity contribution in [1.82, 2.24) is 4.31 Å². The van der Waals surface area contributed by atoms with Gasteiger partial charge in [-0.2, -0.15) is 4.31 Å². The molecule has 0 aromatic heterocycles. The Bertz CT molecular complexity index is 793. The molecule has 0 spiro atoms. The average molecular weight is 416 g/mol. The molecule has 0 saturated carbocycles. The summed E-state index contributed by atoms with van der Waals surface area (Å²) >= 11 is 0. The van der Waals surface area contributed by atoms with Crippen molar-refractivity contribution in [2.24, 2.45) is 5.92 Å². The van der Waals surface area contributed by atoms with E-state index in [4.69, 9.17) is 4.74 Å². The number of anilines is 1. The van der Waals surface area contributed by atoms with E-state index in [9.17, 15) is 23.6 Å². The van der Waals surface area contributed by atoms with E-state index in [0.29, 0.717) is 19.5 Å². The summed E-state index contributed by atoms with van der Waals surface area (Å²) in [5.41, 5.74) is -0.882. The topological polar surface area (TPSA) is 122 Å². The molecule has 28 heavy (non-hydrogen) atoms. The van der Waals surface area contributed by atoms with Crippen molar-refractivity contribution in [2.75, 3.05) is 38.7 Å². The third-order valence-corrected chi connectivity index (χ3v) is 6.85. The van der Waals surface area contributed by atoms with E-state index in [0.717, 1.165) is 18.9 Å². The number of nitrogens with one attached hydrogen (secondary N) is 1. The lowest BCUT2D eigenvalue weighted by Gasteiger charge is -2.31. The Hall–Kier alpha value is -1.75. The van der Waals surface area contributed by atoms with E-state index >= 15 is 0 Å². The number of nitrogens with zero attached hydrogens (tertiary/aromatic N) is 2. The van der Waals surface area contributed by atoms with Crippen molar-refractivity contribution >= 4 is 21.4 Å². The molecule has 1 heterocycles. The van der Waals surface area contributed by atoms with Gasteiger partial charge in [-0.15, -0.1) is 0 Å². The van der Waals surface area contributed by atoms with Gasteiger partial charge in [0.25, 0.3) is 5.69 Å². The Morgan fingerprint density at radius 3 is 2.75 bits per heavy atom. The van der Waals surface area contributed by atoms with E-state index in [-0.39, 0.29) is 35.4 Å². The summed E-state index contributed by atoms with van der Waals surface area (Å²) in [7, 11) is -2.29. The number of methoxy groups -OCH3 is 1. The number of sulfonamides is 1. The van der Waals surface area contributed by atoms with E-state index in [1.807, 2.05) is 6.92 Å². The Morgan fingerprint density at radius 1 is 1.46 bits per heavy atom. The first-order valence-electron chi connectivity index (χ1n) is 9.29. The van der Waals surface area contributed by atoms with E-state index < -0.39 is 20.5 Å². The fourth-order valence-electron chi connectivity index (χ4n) is 3.50. The van der Waals surface area contributed by atoms with Gasteiger partial charge >= 0.3 is 0 Å². The van der Waals surface area contributed by atoms with Crippen LogP contribution >= 0.6 is 0 Å². The number of piperidine rings is 1. The predicted octanol–water partition coefficient (Wildman–Crippen LogP) is 2.21. The number of aliphatic hydroxyl groups excluding tert-OH is 1. The van der Waals surface area contributed by atoms with E-state index in [1.165, 1.54) is 23.5 Å². The van der Waals surface area contributed by atoms with Gasteiger partial charge in [0, 0.05) is 32.9 Å². The Labute approximate surface area is 165 Å². The van der Waals surface area contributed by atoms with Crippen LogP contribution in [0.5, 0.6) is 0 Å². The highest BCUT2D eigenvalue weighted by Gasteiger charge is 2.32. The molecule has 0 aliphatic carbocycles. The van der Waals surface area contributed by atoms with E-state index in [2.05, 4.69) is 5.32 Å². The summed E-state index contributed by atoms with van der Waals surface area (Å²) in [6, 6.07) is 3.89. The molecule has 1 aliphatic heterocycles. The molecule has 1 aromatic carbocycles. The minimum absolute atomic E-state index is 0.0885. The summed E-state index contributed by atoms with van der Waals surface area (Å²) in [6.07, 6.45) is 2.06. The summed E-state index contributed by atoms with van der Waals surface area (Å²) in [5, 5.41) is 23.9. The minimum Gasteiger partial charge on any atom is -0.396 e. The average Bonchev–Trinajstić information content (AvgIpc) is 2.62. The molecule has 0 unspecified atom stereocenters. The zero-order valence-electron chi connectivity index (χ0n) is 16.6. The van der Waals surface area contributed by atoms with Crippen LogP contribution in [0.25, 0.3) is 0 Å². The van der Waals surface area contributed by atoms with Crippen LogP contribution in [-0.4, -0.2) is 61.7 Å². The summed E-state index contributed by atoms with van der Waals surface area (Å²) in [5.74, 6) is 0.257. The molecule has 158 valence electrons. The number of aliphatic hydroxyl groups is 1. The van der Waals surface area contributed by atoms with Crippen molar-refractivity contribution < 1.29 is 23.2 Å². The van der Waals surface area contributed by atoms with Gasteiger partial charge < -0.3 is 15.2 Å². The molecular formula is C18H29N3O6S. The third-order valence-electron chi connectivity index (χ3n) is 4.99. The van der Waals surface area contributed by atoms with Crippen molar-refractivity contribution in [1.29, 1.82) is 0 Å². The highest BCUT2D eigenvalue weighted by molar-refractivity contribution is 7.89. The van der Waals surface area contributed by atoms with Crippen LogP contribution in [0.15, 0.2) is 23.1 Å². The van der Waals surface area contributed by atoms with Gasteiger partial charge in [0.2, 0.25) is 10.0 Å². The second-order valence-electron chi connectivity index (χ2n) is 7.64. The molecule has 1 saturated heterocycles. The first kappa shape index (κ1) is 22.5. The van der Waals surface area contributed by atoms with Crippen LogP contribution in [0.4, 0.5) is 11.4 Å². The van der Waals surface area contributed by atoms with Gasteiger partial charge in [0.05, 0.1) is 22.0 Å². The number of hydrogen-bond donors (Lipinski definition) is 2. The van der Waals surface area contributed by atoms with Crippen molar-refractivity contribution in [3.63, 3.8) is 0 Å². The summed E-state index contributed by atoms with van der Waals surface area (Å²) in [4.78, 5) is 10.9. The van der Waals surface area contributed by atoms with Crippen molar-refractivity contribution in [3.05, 3.63) is 28.3 Å². The van der Waals surface area contributed by atoms with Crippen LogP contribution < -0.4 is 5.32 Å². The molecule has 10 heteroatoms. The van der Waals surface area contributed by atoms with Crippen LogP contribution in [-0.2, 0) is 14.8 Å². The Balaban J connectivity index is 2.38. The fraction of sp³-hybridized carbons (Fsp3) is 0.667. The molecule has 2 rings (SSSR count). The smallest absolute Gasteiger partial charge is 0.293 e. The summed E-state index contributed by atoms with van der Waals surface area (Å²) < 4.78 is 32.4.